The molecule has 0 aliphatic heterocycles. The molecule has 1 fully saturated rings. The van der Waals surface area contributed by atoms with E-state index in [0.717, 1.165) is 17.5 Å². The molecule has 0 bridgehead atoms. The van der Waals surface area contributed by atoms with Crippen molar-refractivity contribution in [2.45, 2.75) is 32.2 Å². The number of carbonyl (C=O) groups is 1. The number of halogens is 2. The van der Waals surface area contributed by atoms with E-state index < -0.39 is 23.8 Å². The Labute approximate surface area is 90.1 Å². The quantitative estimate of drug-likeness (QED) is 0.859. The van der Waals surface area contributed by atoms with Gasteiger partial charge in [0.25, 0.3) is 6.43 Å². The first-order valence-corrected chi connectivity index (χ1v) is 4.99. The van der Waals surface area contributed by atoms with E-state index in [2.05, 4.69) is 10.3 Å². The van der Waals surface area contributed by atoms with Crippen LogP contribution in [0.3, 0.4) is 0 Å². The molecule has 7 heteroatoms. The number of carboxylic acid groups (broad SMARTS) is 1. The van der Waals surface area contributed by atoms with Crippen LogP contribution in [0.25, 0.3) is 0 Å². The zero-order valence-electron chi connectivity index (χ0n) is 8.60. The zero-order chi connectivity index (χ0) is 11.9. The smallest absolute Gasteiger partial charge is 0.358 e. The molecule has 0 spiro atoms. The van der Waals surface area contributed by atoms with E-state index in [1.165, 1.54) is 0 Å². The van der Waals surface area contributed by atoms with E-state index in [4.69, 9.17) is 5.11 Å². The summed E-state index contributed by atoms with van der Waals surface area (Å²) >= 11 is 0. The van der Waals surface area contributed by atoms with Crippen LogP contribution in [0.1, 0.15) is 48.4 Å². The highest BCUT2D eigenvalue weighted by molar-refractivity contribution is 5.86. The van der Waals surface area contributed by atoms with E-state index in [9.17, 15) is 13.6 Å². The third kappa shape index (κ3) is 1.77. The molecule has 0 saturated heterocycles. The third-order valence-corrected chi connectivity index (χ3v) is 2.83. The molecule has 1 heterocycles. The predicted octanol–water partition coefficient (Wildman–Crippen LogP) is 1.88. The second-order valence-electron chi connectivity index (χ2n) is 3.95. The Hall–Kier alpha value is -1.53. The van der Waals surface area contributed by atoms with Crippen LogP contribution in [-0.2, 0) is 0 Å². The maximum absolute atomic E-state index is 12.8. The van der Waals surface area contributed by atoms with Gasteiger partial charge >= 0.3 is 5.97 Å². The van der Waals surface area contributed by atoms with Gasteiger partial charge in [0.15, 0.2) is 5.69 Å². The van der Waals surface area contributed by atoms with E-state index in [1.54, 1.807) is 6.92 Å². The van der Waals surface area contributed by atoms with E-state index in [0.29, 0.717) is 5.92 Å². The number of aromatic carboxylic acids is 1. The van der Waals surface area contributed by atoms with Crippen molar-refractivity contribution in [1.29, 1.82) is 0 Å². The molecule has 1 aromatic rings. The van der Waals surface area contributed by atoms with Crippen LogP contribution in [0, 0.1) is 5.92 Å². The number of hydrogen-bond acceptors (Lipinski definition) is 3. The zero-order valence-corrected chi connectivity index (χ0v) is 8.60. The maximum Gasteiger partial charge on any atom is 0.358 e. The molecule has 0 radical (unpaired) electrons. The average Bonchev–Trinajstić information content (AvgIpc) is 2.94. The van der Waals surface area contributed by atoms with Gasteiger partial charge in [0.05, 0.1) is 6.04 Å². The lowest BCUT2D eigenvalue weighted by molar-refractivity contribution is 0.0675. The summed E-state index contributed by atoms with van der Waals surface area (Å²) in [6, 6.07) is -0.218. The van der Waals surface area contributed by atoms with Crippen LogP contribution < -0.4 is 0 Å². The van der Waals surface area contributed by atoms with Crippen molar-refractivity contribution < 1.29 is 18.7 Å². The van der Waals surface area contributed by atoms with Crippen LogP contribution in [0.5, 0.6) is 0 Å². The standard InChI is InChI=1S/C9H11F2N3O2/c1-4(5-2-3-5)14-7(8(10)11)6(9(15)16)12-13-14/h4-5,8H,2-3H2,1H3,(H,15,16). The SMILES string of the molecule is CC(C1CC1)n1nnc(C(=O)O)c1C(F)F. The summed E-state index contributed by atoms with van der Waals surface area (Å²) in [6.45, 7) is 1.75. The topological polar surface area (TPSA) is 68.0 Å². The Kier molecular flexibility index (Phi) is 2.61. The number of carboxylic acids is 1. The fourth-order valence-corrected chi connectivity index (χ4v) is 1.74. The molecule has 16 heavy (non-hydrogen) atoms. The Morgan fingerprint density at radius 2 is 2.19 bits per heavy atom. The first-order chi connectivity index (χ1) is 7.52. The largest absolute Gasteiger partial charge is 0.476 e. The first kappa shape index (κ1) is 11.0. The van der Waals surface area contributed by atoms with E-state index in [-0.39, 0.29) is 6.04 Å². The van der Waals surface area contributed by atoms with Gasteiger partial charge in [-0.15, -0.1) is 5.10 Å². The molecule has 1 saturated carbocycles. The summed E-state index contributed by atoms with van der Waals surface area (Å²) in [5, 5.41) is 15.5. The third-order valence-electron chi connectivity index (χ3n) is 2.83. The van der Waals surface area contributed by atoms with Gasteiger partial charge < -0.3 is 5.11 Å². The highest BCUT2D eigenvalue weighted by Crippen LogP contribution is 2.40. The average molecular weight is 231 g/mol. The van der Waals surface area contributed by atoms with E-state index in [1.807, 2.05) is 0 Å². The summed E-state index contributed by atoms with van der Waals surface area (Å²) in [5.41, 5.74) is -1.24. The summed E-state index contributed by atoms with van der Waals surface area (Å²) < 4.78 is 26.6. The monoisotopic (exact) mass is 231 g/mol. The summed E-state index contributed by atoms with van der Waals surface area (Å²) in [5.74, 6) is -1.16. The molecule has 1 aliphatic carbocycles. The van der Waals surface area contributed by atoms with Crippen molar-refractivity contribution in [3.63, 3.8) is 0 Å². The van der Waals surface area contributed by atoms with Crippen LogP contribution in [-0.4, -0.2) is 26.1 Å². The van der Waals surface area contributed by atoms with Crippen molar-refractivity contribution in [2.24, 2.45) is 5.92 Å². The fraction of sp³-hybridized carbons (Fsp3) is 0.667. The lowest BCUT2D eigenvalue weighted by atomic mass is 10.2. The molecule has 2 rings (SSSR count). The molecule has 1 N–H and O–H groups in total. The number of hydrogen-bond donors (Lipinski definition) is 1. The normalized spacial score (nSPS) is 17.8. The fourth-order valence-electron chi connectivity index (χ4n) is 1.74. The second kappa shape index (κ2) is 3.80. The van der Waals surface area contributed by atoms with Crippen molar-refractivity contribution in [3.05, 3.63) is 11.4 Å². The molecule has 1 aliphatic rings. The van der Waals surface area contributed by atoms with Crippen LogP contribution in [0.15, 0.2) is 0 Å². The highest BCUT2D eigenvalue weighted by Gasteiger charge is 2.35. The molecule has 1 aromatic heterocycles. The first-order valence-electron chi connectivity index (χ1n) is 4.99. The predicted molar refractivity (Wildman–Crippen MR) is 49.4 cm³/mol. The Bertz CT molecular complexity index is 415. The maximum atomic E-state index is 12.8. The lowest BCUT2D eigenvalue weighted by Crippen LogP contribution is -2.14. The number of aromatic nitrogens is 3. The number of alkyl halides is 2. The molecule has 1 atom stereocenters. The molecule has 88 valence electrons. The summed E-state index contributed by atoms with van der Waals surface area (Å²) in [4.78, 5) is 10.7. The van der Waals surface area contributed by atoms with Crippen LogP contribution in [0.4, 0.5) is 8.78 Å². The highest BCUT2D eigenvalue weighted by atomic mass is 19.3. The van der Waals surface area contributed by atoms with Gasteiger partial charge in [-0.05, 0) is 25.7 Å². The number of rotatable bonds is 4. The van der Waals surface area contributed by atoms with Gasteiger partial charge in [0, 0.05) is 0 Å². The molecular weight excluding hydrogens is 220 g/mol. The molecule has 0 aromatic carbocycles. The van der Waals surface area contributed by atoms with Crippen molar-refractivity contribution >= 4 is 5.97 Å². The van der Waals surface area contributed by atoms with Crippen molar-refractivity contribution in [2.75, 3.05) is 0 Å². The minimum atomic E-state index is -2.87. The van der Waals surface area contributed by atoms with Crippen LogP contribution >= 0.6 is 0 Å². The van der Waals surface area contributed by atoms with Gasteiger partial charge in [-0.1, -0.05) is 5.21 Å². The molecular formula is C9H11F2N3O2. The minimum absolute atomic E-state index is 0.218. The molecule has 0 amide bonds. The summed E-state index contributed by atoms with van der Waals surface area (Å²) in [7, 11) is 0. The van der Waals surface area contributed by atoms with Gasteiger partial charge in [-0.25, -0.2) is 18.3 Å². The number of nitrogens with zero attached hydrogens (tertiary/aromatic N) is 3. The molecule has 1 unspecified atom stereocenters. The minimum Gasteiger partial charge on any atom is -0.476 e. The second-order valence-corrected chi connectivity index (χ2v) is 3.95. The van der Waals surface area contributed by atoms with Gasteiger partial charge in [-0.2, -0.15) is 0 Å². The molecule has 5 nitrogen and oxygen atoms in total. The van der Waals surface area contributed by atoms with Crippen molar-refractivity contribution in [3.8, 4) is 0 Å². The Morgan fingerprint density at radius 1 is 1.56 bits per heavy atom. The van der Waals surface area contributed by atoms with Gasteiger partial charge in [0.2, 0.25) is 0 Å². The van der Waals surface area contributed by atoms with Gasteiger partial charge in [-0.3, -0.25) is 0 Å². The van der Waals surface area contributed by atoms with Crippen LogP contribution in [0.2, 0.25) is 0 Å². The lowest BCUT2D eigenvalue weighted by Gasteiger charge is -2.13. The summed E-state index contributed by atoms with van der Waals surface area (Å²) in [6.07, 6.45) is -0.944. The Balaban J connectivity index is 2.40. The van der Waals surface area contributed by atoms with Gasteiger partial charge in [0.1, 0.15) is 5.69 Å². The van der Waals surface area contributed by atoms with E-state index >= 15 is 0 Å². The van der Waals surface area contributed by atoms with Crippen molar-refractivity contribution in [1.82, 2.24) is 15.0 Å². The Morgan fingerprint density at radius 3 is 2.62 bits per heavy atom.